The van der Waals surface area contributed by atoms with Gasteiger partial charge in [0.1, 0.15) is 5.82 Å². The molecule has 0 bridgehead atoms. The second-order valence-corrected chi connectivity index (χ2v) is 6.84. The minimum Gasteiger partial charge on any atom is -0.461 e. The Morgan fingerprint density at radius 2 is 2.15 bits per heavy atom. The van der Waals surface area contributed by atoms with Gasteiger partial charge in [0.05, 0.1) is 17.7 Å². The molecule has 7 nitrogen and oxygen atoms in total. The number of aromatic amines is 1. The van der Waals surface area contributed by atoms with E-state index in [9.17, 15) is 0 Å². The molecule has 0 amide bonds. The van der Waals surface area contributed by atoms with Gasteiger partial charge >= 0.3 is 0 Å². The molecule has 26 heavy (non-hydrogen) atoms. The number of anilines is 1. The second kappa shape index (κ2) is 7.29. The minimum absolute atomic E-state index is 0.206. The lowest BCUT2D eigenvalue weighted by molar-refractivity contribution is 0.576. The van der Waals surface area contributed by atoms with Crippen molar-refractivity contribution in [1.82, 2.24) is 25.5 Å². The van der Waals surface area contributed by atoms with Crippen LogP contribution in [-0.4, -0.2) is 39.3 Å². The first kappa shape index (κ1) is 16.8. The van der Waals surface area contributed by atoms with E-state index in [0.29, 0.717) is 11.6 Å². The number of aromatic nitrogens is 4. The SMILES string of the molecule is Cc1cc(CC(C)Nc2nc(-c3ccco3)nc3c2CCNCC3)n[nH]1. The molecule has 1 aliphatic rings. The number of hydrogen-bond donors (Lipinski definition) is 3. The summed E-state index contributed by atoms with van der Waals surface area (Å²) in [6.45, 7) is 6.04. The molecule has 0 spiro atoms. The third-order valence-electron chi connectivity index (χ3n) is 4.58. The molecule has 1 aliphatic heterocycles. The van der Waals surface area contributed by atoms with Gasteiger partial charge in [-0.2, -0.15) is 5.10 Å². The number of furan rings is 1. The van der Waals surface area contributed by atoms with Crippen LogP contribution in [-0.2, 0) is 19.3 Å². The lowest BCUT2D eigenvalue weighted by Gasteiger charge is -2.18. The van der Waals surface area contributed by atoms with Crippen LogP contribution in [0.2, 0.25) is 0 Å². The third-order valence-corrected chi connectivity index (χ3v) is 4.58. The molecule has 3 aromatic heterocycles. The topological polar surface area (TPSA) is 91.7 Å². The summed E-state index contributed by atoms with van der Waals surface area (Å²) in [4.78, 5) is 9.55. The van der Waals surface area contributed by atoms with Crippen molar-refractivity contribution in [2.45, 2.75) is 39.2 Å². The number of fused-ring (bicyclic) bond motifs is 1. The predicted molar refractivity (Wildman–Crippen MR) is 100 cm³/mol. The van der Waals surface area contributed by atoms with Crippen molar-refractivity contribution in [2.75, 3.05) is 18.4 Å². The Bertz CT molecular complexity index is 870. The van der Waals surface area contributed by atoms with Gasteiger partial charge in [0.2, 0.25) is 0 Å². The number of hydrogen-bond acceptors (Lipinski definition) is 6. The van der Waals surface area contributed by atoms with E-state index in [-0.39, 0.29) is 6.04 Å². The molecule has 0 saturated heterocycles. The zero-order valence-electron chi connectivity index (χ0n) is 15.2. The van der Waals surface area contributed by atoms with Gasteiger partial charge in [-0.25, -0.2) is 9.97 Å². The number of nitrogens with zero attached hydrogens (tertiary/aromatic N) is 3. The minimum atomic E-state index is 0.206. The van der Waals surface area contributed by atoms with Gasteiger partial charge < -0.3 is 15.1 Å². The molecule has 3 aromatic rings. The largest absolute Gasteiger partial charge is 0.461 e. The van der Waals surface area contributed by atoms with Crippen molar-refractivity contribution >= 4 is 5.82 Å². The standard InChI is InChI=1S/C19H24N6O/c1-12(10-14-11-13(2)24-25-14)21-18-15-5-7-20-8-6-16(15)22-19(23-18)17-4-3-9-26-17/h3-4,9,11-12,20H,5-8,10H2,1-2H3,(H,24,25)(H,21,22,23). The summed E-state index contributed by atoms with van der Waals surface area (Å²) in [5, 5.41) is 14.4. The normalized spacial score (nSPS) is 15.3. The van der Waals surface area contributed by atoms with Gasteiger partial charge in [-0.15, -0.1) is 0 Å². The second-order valence-electron chi connectivity index (χ2n) is 6.84. The fourth-order valence-corrected chi connectivity index (χ4v) is 3.36. The van der Waals surface area contributed by atoms with Crippen molar-refractivity contribution in [3.63, 3.8) is 0 Å². The van der Waals surface area contributed by atoms with Crippen molar-refractivity contribution < 1.29 is 4.42 Å². The molecule has 0 saturated carbocycles. The Hall–Kier alpha value is -2.67. The van der Waals surface area contributed by atoms with E-state index < -0.39 is 0 Å². The highest BCUT2D eigenvalue weighted by molar-refractivity contribution is 5.56. The quantitative estimate of drug-likeness (QED) is 0.653. The van der Waals surface area contributed by atoms with E-state index in [1.165, 1.54) is 5.56 Å². The first-order valence-electron chi connectivity index (χ1n) is 9.11. The molecule has 0 aliphatic carbocycles. The van der Waals surface area contributed by atoms with Crippen LogP contribution >= 0.6 is 0 Å². The van der Waals surface area contributed by atoms with Crippen molar-refractivity contribution in [3.8, 4) is 11.6 Å². The Balaban J connectivity index is 1.63. The van der Waals surface area contributed by atoms with Gasteiger partial charge in [-0.3, -0.25) is 5.10 Å². The molecule has 1 unspecified atom stereocenters. The highest BCUT2D eigenvalue weighted by atomic mass is 16.3. The fraction of sp³-hybridized carbons (Fsp3) is 0.421. The van der Waals surface area contributed by atoms with Gasteiger partial charge in [0, 0.05) is 36.7 Å². The highest BCUT2D eigenvalue weighted by Gasteiger charge is 2.19. The molecule has 0 radical (unpaired) electrons. The number of H-pyrrole nitrogens is 1. The third kappa shape index (κ3) is 3.62. The smallest absolute Gasteiger partial charge is 0.197 e. The van der Waals surface area contributed by atoms with Crippen LogP contribution in [0, 0.1) is 6.92 Å². The van der Waals surface area contributed by atoms with E-state index in [0.717, 1.165) is 55.3 Å². The maximum atomic E-state index is 5.52. The molecule has 7 heteroatoms. The summed E-state index contributed by atoms with van der Waals surface area (Å²) in [5.41, 5.74) is 4.43. The maximum absolute atomic E-state index is 5.52. The Morgan fingerprint density at radius 3 is 2.92 bits per heavy atom. The average molecular weight is 352 g/mol. The summed E-state index contributed by atoms with van der Waals surface area (Å²) in [5.74, 6) is 2.24. The lowest BCUT2D eigenvalue weighted by Crippen LogP contribution is -2.21. The maximum Gasteiger partial charge on any atom is 0.197 e. The predicted octanol–water partition coefficient (Wildman–Crippen LogP) is 2.50. The Kier molecular flexibility index (Phi) is 4.71. The molecule has 0 fully saturated rings. The van der Waals surface area contributed by atoms with Crippen LogP contribution < -0.4 is 10.6 Å². The Labute approximate surface area is 152 Å². The number of aryl methyl sites for hydroxylation is 1. The van der Waals surface area contributed by atoms with Crippen LogP contribution in [0.3, 0.4) is 0 Å². The van der Waals surface area contributed by atoms with E-state index in [1.54, 1.807) is 6.26 Å². The van der Waals surface area contributed by atoms with Crippen LogP contribution in [0.5, 0.6) is 0 Å². The van der Waals surface area contributed by atoms with E-state index in [1.807, 2.05) is 19.1 Å². The average Bonchev–Trinajstić information content (AvgIpc) is 3.22. The monoisotopic (exact) mass is 352 g/mol. The number of nitrogens with one attached hydrogen (secondary N) is 3. The molecule has 3 N–H and O–H groups in total. The summed E-state index contributed by atoms with van der Waals surface area (Å²) >= 11 is 0. The number of rotatable bonds is 5. The Morgan fingerprint density at radius 1 is 1.27 bits per heavy atom. The molecule has 0 aromatic carbocycles. The van der Waals surface area contributed by atoms with Crippen molar-refractivity contribution in [1.29, 1.82) is 0 Å². The molecular weight excluding hydrogens is 328 g/mol. The zero-order chi connectivity index (χ0) is 17.9. The summed E-state index contributed by atoms with van der Waals surface area (Å²) in [6, 6.07) is 6.05. The molecular formula is C19H24N6O. The van der Waals surface area contributed by atoms with Gasteiger partial charge in [0.15, 0.2) is 11.6 Å². The molecule has 136 valence electrons. The van der Waals surface area contributed by atoms with E-state index in [4.69, 9.17) is 14.4 Å². The molecule has 4 heterocycles. The van der Waals surface area contributed by atoms with Crippen LogP contribution in [0.1, 0.15) is 29.6 Å². The fourth-order valence-electron chi connectivity index (χ4n) is 3.36. The van der Waals surface area contributed by atoms with E-state index in [2.05, 4.69) is 33.8 Å². The highest BCUT2D eigenvalue weighted by Crippen LogP contribution is 2.25. The summed E-state index contributed by atoms with van der Waals surface area (Å²) < 4.78 is 5.52. The molecule has 1 atom stereocenters. The summed E-state index contributed by atoms with van der Waals surface area (Å²) in [6.07, 6.45) is 4.30. The van der Waals surface area contributed by atoms with Gasteiger partial charge in [-0.1, -0.05) is 0 Å². The zero-order valence-corrected chi connectivity index (χ0v) is 15.2. The van der Waals surface area contributed by atoms with Crippen LogP contribution in [0.15, 0.2) is 28.9 Å². The van der Waals surface area contributed by atoms with Crippen molar-refractivity contribution in [3.05, 3.63) is 47.1 Å². The first-order chi connectivity index (χ1) is 12.7. The van der Waals surface area contributed by atoms with E-state index >= 15 is 0 Å². The van der Waals surface area contributed by atoms with Crippen LogP contribution in [0.25, 0.3) is 11.6 Å². The van der Waals surface area contributed by atoms with Crippen LogP contribution in [0.4, 0.5) is 5.82 Å². The van der Waals surface area contributed by atoms with Crippen molar-refractivity contribution in [2.24, 2.45) is 0 Å². The first-order valence-corrected chi connectivity index (χ1v) is 9.11. The summed E-state index contributed by atoms with van der Waals surface area (Å²) in [7, 11) is 0. The van der Waals surface area contributed by atoms with Gasteiger partial charge in [-0.05, 0) is 45.0 Å². The van der Waals surface area contributed by atoms with Gasteiger partial charge in [0.25, 0.3) is 0 Å². The lowest BCUT2D eigenvalue weighted by atomic mass is 10.1. The molecule has 4 rings (SSSR count).